The van der Waals surface area contributed by atoms with Gasteiger partial charge in [0.05, 0.1) is 12.2 Å². The number of amides is 2. The quantitative estimate of drug-likeness (QED) is 0.790. The number of hydrogen-bond acceptors (Lipinski definition) is 4. The number of anilines is 1. The van der Waals surface area contributed by atoms with Gasteiger partial charge in [0, 0.05) is 11.3 Å². The van der Waals surface area contributed by atoms with Crippen LogP contribution in [0.25, 0.3) is 0 Å². The summed E-state index contributed by atoms with van der Waals surface area (Å²) in [6.45, 7) is 0.676. The van der Waals surface area contributed by atoms with Crippen molar-refractivity contribution in [2.24, 2.45) is 5.73 Å². The van der Waals surface area contributed by atoms with Crippen molar-refractivity contribution in [3.8, 4) is 0 Å². The molecule has 0 aliphatic heterocycles. The molecular weight excluding hydrogens is 302 g/mol. The van der Waals surface area contributed by atoms with Crippen LogP contribution in [-0.2, 0) is 4.79 Å². The largest absolute Gasteiger partial charge is 0.361 e. The van der Waals surface area contributed by atoms with Gasteiger partial charge in [-0.1, -0.05) is 11.8 Å². The normalized spacial score (nSPS) is 11.0. The molecule has 0 bridgehead atoms. The van der Waals surface area contributed by atoms with Crippen molar-refractivity contribution < 1.29 is 23.2 Å². The Morgan fingerprint density at radius 1 is 1.24 bits per heavy atom. The predicted octanol–water partition coefficient (Wildman–Crippen LogP) is 2.67. The van der Waals surface area contributed by atoms with Gasteiger partial charge < -0.3 is 11.1 Å². The fourth-order valence-electron chi connectivity index (χ4n) is 1.46. The summed E-state index contributed by atoms with van der Waals surface area (Å²) in [6.07, 6.45) is -0.867. The number of primary amides is 1. The second-order valence-electron chi connectivity index (χ2n) is 4.40. The minimum atomic E-state index is -3.06. The minimum Gasteiger partial charge on any atom is -0.361 e. The first-order valence-electron chi connectivity index (χ1n) is 5.90. The maximum Gasteiger partial charge on any atom is 0.276 e. The van der Waals surface area contributed by atoms with E-state index in [1.54, 1.807) is 0 Å². The van der Waals surface area contributed by atoms with E-state index in [1.165, 1.54) is 24.3 Å². The van der Waals surface area contributed by atoms with Crippen LogP contribution in [0.5, 0.6) is 0 Å². The van der Waals surface area contributed by atoms with E-state index in [0.717, 1.165) is 0 Å². The molecule has 0 aliphatic carbocycles. The molecular formula is C13H14F2N2O3S. The smallest absolute Gasteiger partial charge is 0.276 e. The first-order valence-corrected chi connectivity index (χ1v) is 6.89. The molecule has 0 aromatic heterocycles. The second-order valence-corrected chi connectivity index (χ2v) is 5.38. The van der Waals surface area contributed by atoms with E-state index in [9.17, 15) is 23.2 Å². The number of carbonyl (C=O) groups is 3. The average molecular weight is 316 g/mol. The maximum atomic E-state index is 12.7. The van der Waals surface area contributed by atoms with Crippen LogP contribution >= 0.6 is 11.8 Å². The molecule has 114 valence electrons. The summed E-state index contributed by atoms with van der Waals surface area (Å²) in [5.74, 6) is -4.30. The number of nitrogens with one attached hydrogen (secondary N) is 1. The van der Waals surface area contributed by atoms with Gasteiger partial charge >= 0.3 is 0 Å². The van der Waals surface area contributed by atoms with Gasteiger partial charge in [0.25, 0.3) is 11.2 Å². The van der Waals surface area contributed by atoms with Crippen LogP contribution in [0.1, 0.15) is 23.7 Å². The third-order valence-electron chi connectivity index (χ3n) is 2.31. The number of benzene rings is 1. The zero-order valence-corrected chi connectivity index (χ0v) is 12.0. The lowest BCUT2D eigenvalue weighted by molar-refractivity contribution is -0.113. The Morgan fingerprint density at radius 2 is 1.81 bits per heavy atom. The van der Waals surface area contributed by atoms with Crippen molar-refractivity contribution in [3.05, 3.63) is 29.8 Å². The summed E-state index contributed by atoms with van der Waals surface area (Å²) in [6, 6.07) is 5.55. The Bertz CT molecular complexity index is 541. The van der Waals surface area contributed by atoms with Crippen molar-refractivity contribution in [2.75, 3.05) is 11.1 Å². The lowest BCUT2D eigenvalue weighted by Gasteiger charge is -2.09. The van der Waals surface area contributed by atoms with E-state index < -0.39 is 29.3 Å². The van der Waals surface area contributed by atoms with Crippen LogP contribution in [0.2, 0.25) is 0 Å². The standard InChI is InChI=1S/C13H14F2N2O3S/c1-13(14,15)6-10(18)8-2-4-9(5-3-8)17-11(19)7-21-12(16)20/h2-5H,6-7H2,1H3,(H2,16,20)(H,17,19). The maximum absolute atomic E-state index is 12.7. The number of hydrogen-bond donors (Lipinski definition) is 2. The number of rotatable bonds is 6. The number of alkyl halides is 2. The van der Waals surface area contributed by atoms with E-state index >= 15 is 0 Å². The van der Waals surface area contributed by atoms with Crippen LogP contribution in [0.4, 0.5) is 19.3 Å². The Hall–Kier alpha value is -1.96. The van der Waals surface area contributed by atoms with Crippen LogP contribution in [0, 0.1) is 0 Å². The molecule has 0 spiro atoms. The predicted molar refractivity (Wildman–Crippen MR) is 76.7 cm³/mol. The Kier molecular flexibility index (Phi) is 5.83. The van der Waals surface area contributed by atoms with Crippen LogP contribution in [-0.4, -0.2) is 28.6 Å². The molecule has 0 saturated carbocycles. The van der Waals surface area contributed by atoms with E-state index in [0.29, 0.717) is 24.4 Å². The molecule has 1 aromatic carbocycles. The van der Waals surface area contributed by atoms with E-state index in [2.05, 4.69) is 5.32 Å². The molecule has 1 rings (SSSR count). The molecule has 1 aromatic rings. The van der Waals surface area contributed by atoms with Gasteiger partial charge in [-0.05, 0) is 31.2 Å². The van der Waals surface area contributed by atoms with Gasteiger partial charge in [0.2, 0.25) is 5.91 Å². The van der Waals surface area contributed by atoms with Gasteiger partial charge in [0.1, 0.15) is 0 Å². The number of Topliss-reactive ketones (excluding diaryl/α,β-unsaturated/α-hetero) is 1. The highest BCUT2D eigenvalue weighted by molar-refractivity contribution is 8.14. The number of halogens is 2. The summed E-state index contributed by atoms with van der Waals surface area (Å²) < 4.78 is 25.5. The SMILES string of the molecule is CC(F)(F)CC(=O)c1ccc(NC(=O)CSC(N)=O)cc1. The Labute approximate surface area is 124 Å². The summed E-state index contributed by atoms with van der Waals surface area (Å²) in [5.41, 5.74) is 5.42. The molecule has 0 radical (unpaired) electrons. The molecule has 2 amide bonds. The molecule has 0 aliphatic rings. The topological polar surface area (TPSA) is 89.3 Å². The summed E-state index contributed by atoms with van der Waals surface area (Å²) in [4.78, 5) is 33.5. The zero-order chi connectivity index (χ0) is 16.0. The molecule has 0 unspecified atom stereocenters. The molecule has 3 N–H and O–H groups in total. The van der Waals surface area contributed by atoms with E-state index in [4.69, 9.17) is 5.73 Å². The van der Waals surface area contributed by atoms with Crippen LogP contribution in [0.3, 0.4) is 0 Å². The number of nitrogens with two attached hydrogens (primary N) is 1. The highest BCUT2D eigenvalue weighted by Gasteiger charge is 2.26. The van der Waals surface area contributed by atoms with E-state index in [1.807, 2.05) is 0 Å². The molecule has 0 fully saturated rings. The summed E-state index contributed by atoms with van der Waals surface area (Å²) in [7, 11) is 0. The molecule has 21 heavy (non-hydrogen) atoms. The van der Waals surface area contributed by atoms with Crippen LogP contribution in [0.15, 0.2) is 24.3 Å². The third-order valence-corrected chi connectivity index (χ3v) is 3.00. The monoisotopic (exact) mass is 316 g/mol. The highest BCUT2D eigenvalue weighted by Crippen LogP contribution is 2.20. The first kappa shape index (κ1) is 17.1. The lowest BCUT2D eigenvalue weighted by Crippen LogP contribution is -2.17. The second kappa shape index (κ2) is 7.16. The van der Waals surface area contributed by atoms with Crippen LogP contribution < -0.4 is 11.1 Å². The molecule has 8 heteroatoms. The van der Waals surface area contributed by atoms with Gasteiger partial charge in [-0.15, -0.1) is 0 Å². The summed E-state index contributed by atoms with van der Waals surface area (Å²) >= 11 is 0.662. The molecule has 0 heterocycles. The third kappa shape index (κ3) is 6.84. The zero-order valence-electron chi connectivity index (χ0n) is 11.2. The van der Waals surface area contributed by atoms with Crippen molar-refractivity contribution in [1.82, 2.24) is 0 Å². The van der Waals surface area contributed by atoms with Gasteiger partial charge in [-0.25, -0.2) is 8.78 Å². The molecule has 5 nitrogen and oxygen atoms in total. The van der Waals surface area contributed by atoms with Gasteiger partial charge in [-0.3, -0.25) is 14.4 Å². The van der Waals surface area contributed by atoms with E-state index in [-0.39, 0.29) is 11.3 Å². The first-order chi connectivity index (χ1) is 9.67. The van der Waals surface area contributed by atoms with Crippen molar-refractivity contribution in [1.29, 1.82) is 0 Å². The fourth-order valence-corrected chi connectivity index (χ4v) is 1.80. The lowest BCUT2D eigenvalue weighted by atomic mass is 10.1. The minimum absolute atomic E-state index is 0.127. The van der Waals surface area contributed by atoms with Gasteiger partial charge in [-0.2, -0.15) is 0 Å². The van der Waals surface area contributed by atoms with Crippen molar-refractivity contribution >= 4 is 34.4 Å². The average Bonchev–Trinajstić information content (AvgIpc) is 2.35. The van der Waals surface area contributed by atoms with Crippen molar-refractivity contribution in [2.45, 2.75) is 19.3 Å². The number of thioether (sulfide) groups is 1. The number of carbonyl (C=O) groups excluding carboxylic acids is 3. The fraction of sp³-hybridized carbons (Fsp3) is 0.308. The molecule has 0 atom stereocenters. The Morgan fingerprint density at radius 3 is 2.29 bits per heavy atom. The Balaban J connectivity index is 2.60. The number of ketones is 1. The molecule has 0 saturated heterocycles. The van der Waals surface area contributed by atoms with Crippen molar-refractivity contribution in [3.63, 3.8) is 0 Å². The van der Waals surface area contributed by atoms with Gasteiger partial charge in [0.15, 0.2) is 5.78 Å². The summed E-state index contributed by atoms with van der Waals surface area (Å²) in [5, 5.41) is 1.82. The highest BCUT2D eigenvalue weighted by atomic mass is 32.2.